The Morgan fingerprint density at radius 2 is 2.11 bits per heavy atom. The summed E-state index contributed by atoms with van der Waals surface area (Å²) in [6, 6.07) is 7.87. The molecule has 1 heterocycles. The molecule has 154 valence electrons. The lowest BCUT2D eigenvalue weighted by atomic mass is 10.1. The summed E-state index contributed by atoms with van der Waals surface area (Å²) in [5.74, 6) is 0.810. The number of amides is 1. The van der Waals surface area contributed by atoms with E-state index in [1.54, 1.807) is 18.4 Å². The van der Waals surface area contributed by atoms with E-state index in [9.17, 15) is 4.79 Å². The molecule has 1 atom stereocenters. The van der Waals surface area contributed by atoms with E-state index in [0.29, 0.717) is 6.54 Å². The number of carbonyl (C=O) groups excluding carboxylic acids is 1. The number of thiazole rings is 1. The summed E-state index contributed by atoms with van der Waals surface area (Å²) in [6.45, 7) is 7.36. The third-order valence-corrected chi connectivity index (χ3v) is 5.10. The highest BCUT2D eigenvalue weighted by molar-refractivity contribution is 14.0. The third-order valence-electron chi connectivity index (χ3n) is 4.28. The minimum Gasteiger partial charge on any atom is -0.356 e. The van der Waals surface area contributed by atoms with Crippen molar-refractivity contribution in [2.24, 2.45) is 10.9 Å². The molecule has 0 radical (unpaired) electrons. The molecule has 2 rings (SSSR count). The largest absolute Gasteiger partial charge is 0.356 e. The first-order valence-corrected chi connectivity index (χ1v) is 10.1. The SMILES string of the molecule is CCC(C)C(=O)Nc1cccc(CNC(=NC)NCCc2csc(C)n2)c1.I. The fourth-order valence-electron chi connectivity index (χ4n) is 2.45. The van der Waals surface area contributed by atoms with Crippen LogP contribution in [0.2, 0.25) is 0 Å². The summed E-state index contributed by atoms with van der Waals surface area (Å²) in [4.78, 5) is 20.8. The first-order valence-electron chi connectivity index (χ1n) is 9.27. The van der Waals surface area contributed by atoms with Crippen molar-refractivity contribution in [3.8, 4) is 0 Å². The predicted octanol–water partition coefficient (Wildman–Crippen LogP) is 3.96. The summed E-state index contributed by atoms with van der Waals surface area (Å²) in [5.41, 5.74) is 3.00. The molecule has 0 aliphatic carbocycles. The maximum atomic E-state index is 12.0. The second-order valence-electron chi connectivity index (χ2n) is 6.46. The first-order chi connectivity index (χ1) is 13.0. The van der Waals surface area contributed by atoms with Crippen molar-refractivity contribution in [3.05, 3.63) is 45.9 Å². The molecule has 6 nitrogen and oxygen atoms in total. The summed E-state index contributed by atoms with van der Waals surface area (Å²) < 4.78 is 0. The van der Waals surface area contributed by atoms with E-state index in [-0.39, 0.29) is 35.8 Å². The van der Waals surface area contributed by atoms with E-state index < -0.39 is 0 Å². The molecule has 0 saturated carbocycles. The van der Waals surface area contributed by atoms with Crippen LogP contribution in [0.1, 0.15) is 36.5 Å². The smallest absolute Gasteiger partial charge is 0.227 e. The fourth-order valence-corrected chi connectivity index (χ4v) is 3.10. The predicted molar refractivity (Wildman–Crippen MR) is 129 cm³/mol. The Balaban J connectivity index is 0.00000392. The van der Waals surface area contributed by atoms with Gasteiger partial charge in [0.15, 0.2) is 5.96 Å². The number of anilines is 1. The van der Waals surface area contributed by atoms with Gasteiger partial charge in [-0.3, -0.25) is 9.79 Å². The standard InChI is InChI=1S/C20H29N5OS.HI/c1-5-14(2)19(26)25-17-8-6-7-16(11-17)12-23-20(21-4)22-10-9-18-13-27-15(3)24-18;/h6-8,11,13-14H,5,9-10,12H2,1-4H3,(H,25,26)(H2,21,22,23);1H. The lowest BCUT2D eigenvalue weighted by Crippen LogP contribution is -2.37. The van der Waals surface area contributed by atoms with Gasteiger partial charge in [-0.05, 0) is 31.0 Å². The average molecular weight is 515 g/mol. The number of benzene rings is 1. The molecule has 0 bridgehead atoms. The van der Waals surface area contributed by atoms with Crippen molar-refractivity contribution in [1.29, 1.82) is 0 Å². The molecule has 8 heteroatoms. The van der Waals surface area contributed by atoms with Gasteiger partial charge in [-0.25, -0.2) is 4.98 Å². The van der Waals surface area contributed by atoms with Crippen LogP contribution in [0.5, 0.6) is 0 Å². The molecule has 1 aromatic heterocycles. The normalized spacial score (nSPS) is 12.1. The second kappa shape index (κ2) is 12.7. The molecular weight excluding hydrogens is 485 g/mol. The quantitative estimate of drug-likeness (QED) is 0.283. The molecule has 3 N–H and O–H groups in total. The second-order valence-corrected chi connectivity index (χ2v) is 7.52. The number of rotatable bonds is 8. The zero-order chi connectivity index (χ0) is 19.6. The average Bonchev–Trinajstić information content (AvgIpc) is 3.09. The van der Waals surface area contributed by atoms with Gasteiger partial charge in [0.2, 0.25) is 5.91 Å². The lowest BCUT2D eigenvalue weighted by molar-refractivity contribution is -0.119. The number of nitrogens with zero attached hydrogens (tertiary/aromatic N) is 2. The number of nitrogens with one attached hydrogen (secondary N) is 3. The van der Waals surface area contributed by atoms with Gasteiger partial charge in [-0.15, -0.1) is 35.3 Å². The summed E-state index contributed by atoms with van der Waals surface area (Å²) >= 11 is 1.67. The molecule has 0 fully saturated rings. The van der Waals surface area contributed by atoms with E-state index in [1.807, 2.05) is 45.0 Å². The number of carbonyl (C=O) groups is 1. The van der Waals surface area contributed by atoms with Gasteiger partial charge < -0.3 is 16.0 Å². The van der Waals surface area contributed by atoms with Crippen LogP contribution in [-0.4, -0.2) is 30.4 Å². The topological polar surface area (TPSA) is 78.4 Å². The highest BCUT2D eigenvalue weighted by Crippen LogP contribution is 2.13. The Bertz CT molecular complexity index is 777. The number of halogens is 1. The zero-order valence-corrected chi connectivity index (χ0v) is 20.1. The van der Waals surface area contributed by atoms with E-state index in [1.165, 1.54) is 0 Å². The Morgan fingerprint density at radius 3 is 2.75 bits per heavy atom. The highest BCUT2D eigenvalue weighted by Gasteiger charge is 2.10. The zero-order valence-electron chi connectivity index (χ0n) is 16.9. The monoisotopic (exact) mass is 515 g/mol. The van der Waals surface area contributed by atoms with Gasteiger partial charge in [-0.2, -0.15) is 0 Å². The van der Waals surface area contributed by atoms with E-state index in [0.717, 1.165) is 47.3 Å². The van der Waals surface area contributed by atoms with Crippen molar-refractivity contribution < 1.29 is 4.79 Å². The number of aliphatic imine (C=N–C) groups is 1. The Labute approximate surface area is 188 Å². The molecule has 1 unspecified atom stereocenters. The van der Waals surface area contributed by atoms with Crippen LogP contribution in [0.4, 0.5) is 5.69 Å². The van der Waals surface area contributed by atoms with Crippen molar-refractivity contribution >= 4 is 52.9 Å². The van der Waals surface area contributed by atoms with Gasteiger partial charge in [0.25, 0.3) is 0 Å². The van der Waals surface area contributed by atoms with Crippen molar-refractivity contribution in [2.45, 2.75) is 40.2 Å². The van der Waals surface area contributed by atoms with Crippen LogP contribution >= 0.6 is 35.3 Å². The minimum atomic E-state index is 0. The molecule has 0 spiro atoms. The summed E-state index contributed by atoms with van der Waals surface area (Å²) in [6.07, 6.45) is 1.69. The highest BCUT2D eigenvalue weighted by atomic mass is 127. The first kappa shape index (κ1) is 24.4. The Morgan fingerprint density at radius 1 is 1.32 bits per heavy atom. The molecule has 2 aromatic rings. The Hall–Kier alpha value is -1.68. The minimum absolute atomic E-state index is 0. The molecule has 28 heavy (non-hydrogen) atoms. The van der Waals surface area contributed by atoms with Crippen molar-refractivity contribution in [2.75, 3.05) is 18.9 Å². The number of hydrogen-bond acceptors (Lipinski definition) is 4. The molecule has 0 aliphatic heterocycles. The molecule has 0 aliphatic rings. The Kier molecular flexibility index (Phi) is 11.1. The number of aromatic nitrogens is 1. The third kappa shape index (κ3) is 8.14. The summed E-state index contributed by atoms with van der Waals surface area (Å²) in [5, 5.41) is 12.8. The fraction of sp³-hybridized carbons (Fsp3) is 0.450. The van der Waals surface area contributed by atoms with Crippen LogP contribution in [0.3, 0.4) is 0 Å². The molecule has 1 amide bonds. The molecule has 1 aromatic carbocycles. The van der Waals surface area contributed by atoms with Crippen LogP contribution in [0, 0.1) is 12.8 Å². The van der Waals surface area contributed by atoms with Crippen molar-refractivity contribution in [3.63, 3.8) is 0 Å². The molecular formula is C20H30IN5OS. The number of hydrogen-bond donors (Lipinski definition) is 3. The lowest BCUT2D eigenvalue weighted by Gasteiger charge is -2.13. The van der Waals surface area contributed by atoms with Crippen LogP contribution in [-0.2, 0) is 17.8 Å². The van der Waals surface area contributed by atoms with Crippen LogP contribution in [0.15, 0.2) is 34.6 Å². The summed E-state index contributed by atoms with van der Waals surface area (Å²) in [7, 11) is 1.76. The van der Waals surface area contributed by atoms with Gasteiger partial charge in [0.05, 0.1) is 10.7 Å². The maximum Gasteiger partial charge on any atom is 0.227 e. The number of aryl methyl sites for hydroxylation is 1. The van der Waals surface area contributed by atoms with E-state index in [2.05, 4.69) is 31.3 Å². The van der Waals surface area contributed by atoms with E-state index in [4.69, 9.17) is 0 Å². The van der Waals surface area contributed by atoms with Gasteiger partial charge >= 0.3 is 0 Å². The van der Waals surface area contributed by atoms with Gasteiger partial charge in [0, 0.05) is 43.5 Å². The maximum absolute atomic E-state index is 12.0. The van der Waals surface area contributed by atoms with Crippen molar-refractivity contribution in [1.82, 2.24) is 15.6 Å². The van der Waals surface area contributed by atoms with Gasteiger partial charge in [-0.1, -0.05) is 26.0 Å². The molecule has 0 saturated heterocycles. The van der Waals surface area contributed by atoms with Crippen LogP contribution < -0.4 is 16.0 Å². The van der Waals surface area contributed by atoms with E-state index >= 15 is 0 Å². The van der Waals surface area contributed by atoms with Crippen LogP contribution in [0.25, 0.3) is 0 Å². The van der Waals surface area contributed by atoms with Gasteiger partial charge in [0.1, 0.15) is 0 Å². The number of guanidine groups is 1.